The summed E-state index contributed by atoms with van der Waals surface area (Å²) in [5, 5.41) is 36.4. The van der Waals surface area contributed by atoms with Crippen LogP contribution in [-0.4, -0.2) is 51.5 Å². The molecule has 252 valence electrons. The van der Waals surface area contributed by atoms with Crippen LogP contribution in [0.2, 0.25) is 0 Å². The number of aromatic carboxylic acids is 1. The van der Waals surface area contributed by atoms with Crippen LogP contribution in [0.15, 0.2) is 72.8 Å². The largest absolute Gasteiger partial charge is 0.507 e. The summed E-state index contributed by atoms with van der Waals surface area (Å²) < 4.78 is 10.5. The molecule has 3 aromatic carbocycles. The van der Waals surface area contributed by atoms with Gasteiger partial charge in [0.2, 0.25) is 0 Å². The lowest BCUT2D eigenvalue weighted by Crippen LogP contribution is -2.14. The van der Waals surface area contributed by atoms with Gasteiger partial charge in [0.1, 0.15) is 33.9 Å². The van der Waals surface area contributed by atoms with E-state index in [0.29, 0.717) is 25.0 Å². The standard InChI is InChI=1S/2C15H22O3.C7H6O3/c2*1-3-5-8-12(4-2)11-18-15(17)13-9-6-7-10-14(13)16;8-6-4-2-1-3-5(6)7(9)10/h2*6-7,9-10,12,16H,3-5,8,11H2,1-2H3;1-4,8H,(H,9,10). The molecule has 0 aliphatic heterocycles. The highest BCUT2D eigenvalue weighted by atomic mass is 16.5. The highest BCUT2D eigenvalue weighted by molar-refractivity contribution is 5.93. The fourth-order valence-corrected chi connectivity index (χ4v) is 4.29. The molecule has 0 aliphatic carbocycles. The second-order valence-corrected chi connectivity index (χ2v) is 10.9. The summed E-state index contributed by atoms with van der Waals surface area (Å²) in [6.07, 6.45) is 8.82. The van der Waals surface area contributed by atoms with Gasteiger partial charge < -0.3 is 29.9 Å². The Bertz CT molecular complexity index is 1250. The highest BCUT2D eigenvalue weighted by Crippen LogP contribution is 2.20. The molecule has 2 unspecified atom stereocenters. The second kappa shape index (κ2) is 22.9. The molecule has 9 nitrogen and oxygen atoms in total. The lowest BCUT2D eigenvalue weighted by molar-refractivity contribution is 0.0416. The van der Waals surface area contributed by atoms with Crippen LogP contribution in [0.1, 0.15) is 110 Å². The van der Waals surface area contributed by atoms with E-state index in [1.54, 1.807) is 48.5 Å². The second-order valence-electron chi connectivity index (χ2n) is 10.9. The number of unbranched alkanes of at least 4 members (excludes halogenated alkanes) is 2. The Morgan fingerprint density at radius 2 is 0.891 bits per heavy atom. The summed E-state index contributed by atoms with van der Waals surface area (Å²) in [7, 11) is 0. The third-order valence-electron chi connectivity index (χ3n) is 7.37. The van der Waals surface area contributed by atoms with Crippen LogP contribution >= 0.6 is 0 Å². The van der Waals surface area contributed by atoms with Crippen molar-refractivity contribution in [3.8, 4) is 17.2 Å². The van der Waals surface area contributed by atoms with Gasteiger partial charge in [0.25, 0.3) is 0 Å². The molecule has 46 heavy (non-hydrogen) atoms. The number of phenols is 3. The van der Waals surface area contributed by atoms with Gasteiger partial charge in [0.15, 0.2) is 0 Å². The molecule has 0 amide bonds. The van der Waals surface area contributed by atoms with Gasteiger partial charge in [-0.1, -0.05) is 103 Å². The van der Waals surface area contributed by atoms with Crippen molar-refractivity contribution in [3.63, 3.8) is 0 Å². The van der Waals surface area contributed by atoms with E-state index in [-0.39, 0.29) is 33.9 Å². The van der Waals surface area contributed by atoms with E-state index in [4.69, 9.17) is 19.7 Å². The van der Waals surface area contributed by atoms with Crippen LogP contribution in [0.3, 0.4) is 0 Å². The average molecular weight is 639 g/mol. The van der Waals surface area contributed by atoms with E-state index in [1.807, 2.05) is 0 Å². The van der Waals surface area contributed by atoms with Gasteiger partial charge in [-0.25, -0.2) is 14.4 Å². The summed E-state index contributed by atoms with van der Waals surface area (Å²) >= 11 is 0. The van der Waals surface area contributed by atoms with Crippen molar-refractivity contribution >= 4 is 17.9 Å². The molecule has 0 aromatic heterocycles. The monoisotopic (exact) mass is 638 g/mol. The minimum Gasteiger partial charge on any atom is -0.507 e. The van der Waals surface area contributed by atoms with E-state index in [9.17, 15) is 24.6 Å². The van der Waals surface area contributed by atoms with Gasteiger partial charge in [-0.2, -0.15) is 0 Å². The van der Waals surface area contributed by atoms with Crippen molar-refractivity contribution in [2.24, 2.45) is 11.8 Å². The number of aromatic hydroxyl groups is 3. The van der Waals surface area contributed by atoms with Crippen LogP contribution in [0.25, 0.3) is 0 Å². The Labute approximate surface area is 272 Å². The van der Waals surface area contributed by atoms with Gasteiger partial charge in [0, 0.05) is 0 Å². The number of esters is 2. The number of hydrogen-bond donors (Lipinski definition) is 4. The van der Waals surface area contributed by atoms with Crippen LogP contribution in [0.4, 0.5) is 0 Å². The van der Waals surface area contributed by atoms with Crippen molar-refractivity contribution in [2.75, 3.05) is 13.2 Å². The number of rotatable bonds is 15. The van der Waals surface area contributed by atoms with Gasteiger partial charge >= 0.3 is 17.9 Å². The number of para-hydroxylation sites is 3. The minimum absolute atomic E-state index is 0.0240. The van der Waals surface area contributed by atoms with Crippen molar-refractivity contribution in [3.05, 3.63) is 89.5 Å². The predicted molar refractivity (Wildman–Crippen MR) is 178 cm³/mol. The Balaban J connectivity index is 0.000000360. The minimum atomic E-state index is -1.11. The molecule has 9 heteroatoms. The zero-order valence-electron chi connectivity index (χ0n) is 27.5. The van der Waals surface area contributed by atoms with Crippen molar-refractivity contribution in [1.29, 1.82) is 0 Å². The van der Waals surface area contributed by atoms with E-state index >= 15 is 0 Å². The first kappa shape index (κ1) is 39.5. The number of hydrogen-bond acceptors (Lipinski definition) is 8. The molecule has 0 saturated carbocycles. The molecule has 0 saturated heterocycles. The third-order valence-corrected chi connectivity index (χ3v) is 7.37. The maximum Gasteiger partial charge on any atom is 0.341 e. The summed E-state index contributed by atoms with van der Waals surface area (Å²) in [5.74, 6) is -1.41. The van der Waals surface area contributed by atoms with Gasteiger partial charge in [0.05, 0.1) is 13.2 Å². The fraction of sp³-hybridized carbons (Fsp3) is 0.432. The Morgan fingerprint density at radius 3 is 1.15 bits per heavy atom. The summed E-state index contributed by atoms with van der Waals surface area (Å²) in [6.45, 7) is 9.39. The molecule has 0 fully saturated rings. The Kier molecular flexibility index (Phi) is 19.7. The average Bonchev–Trinajstić information content (AvgIpc) is 3.06. The molecule has 0 spiro atoms. The van der Waals surface area contributed by atoms with Crippen molar-refractivity contribution < 1.29 is 44.3 Å². The Morgan fingerprint density at radius 1 is 0.565 bits per heavy atom. The zero-order valence-corrected chi connectivity index (χ0v) is 27.5. The summed E-state index contributed by atoms with van der Waals surface area (Å²) in [5.41, 5.74) is 0.410. The molecule has 3 rings (SSSR count). The van der Waals surface area contributed by atoms with E-state index < -0.39 is 17.9 Å². The first-order chi connectivity index (χ1) is 22.1. The van der Waals surface area contributed by atoms with Crippen molar-refractivity contribution in [1.82, 2.24) is 0 Å². The van der Waals surface area contributed by atoms with Crippen LogP contribution < -0.4 is 0 Å². The van der Waals surface area contributed by atoms with E-state index in [1.165, 1.54) is 24.3 Å². The predicted octanol–water partition coefficient (Wildman–Crippen LogP) is 8.62. The first-order valence-corrected chi connectivity index (χ1v) is 16.0. The maximum atomic E-state index is 11.8. The smallest absolute Gasteiger partial charge is 0.341 e. The first-order valence-electron chi connectivity index (χ1n) is 16.0. The Hall–Kier alpha value is -4.53. The molecule has 0 aliphatic rings. The van der Waals surface area contributed by atoms with Gasteiger partial charge in [-0.15, -0.1) is 0 Å². The van der Waals surface area contributed by atoms with Crippen LogP contribution in [0.5, 0.6) is 17.2 Å². The van der Waals surface area contributed by atoms with Gasteiger partial charge in [-0.05, 0) is 61.1 Å². The van der Waals surface area contributed by atoms with Crippen molar-refractivity contribution in [2.45, 2.75) is 79.1 Å². The van der Waals surface area contributed by atoms with Crippen LogP contribution in [-0.2, 0) is 9.47 Å². The lowest BCUT2D eigenvalue weighted by atomic mass is 10.0. The molecule has 4 N–H and O–H groups in total. The molecule has 3 aromatic rings. The zero-order chi connectivity index (χ0) is 34.3. The lowest BCUT2D eigenvalue weighted by Gasteiger charge is -2.14. The highest BCUT2D eigenvalue weighted by Gasteiger charge is 2.15. The van der Waals surface area contributed by atoms with Crippen LogP contribution in [0, 0.1) is 11.8 Å². The number of carboxylic acid groups (broad SMARTS) is 1. The van der Waals surface area contributed by atoms with Gasteiger partial charge in [-0.3, -0.25) is 0 Å². The number of benzene rings is 3. The molecule has 0 radical (unpaired) electrons. The fourth-order valence-electron chi connectivity index (χ4n) is 4.29. The quantitative estimate of drug-likeness (QED) is 0.120. The third kappa shape index (κ3) is 15.0. The number of carboxylic acids is 1. The molecule has 0 heterocycles. The number of ether oxygens (including phenoxy) is 2. The molecule has 2 atom stereocenters. The molecular weight excluding hydrogens is 588 g/mol. The number of carbonyl (C=O) groups is 3. The summed E-state index contributed by atoms with van der Waals surface area (Å²) in [4.78, 5) is 33.8. The normalized spacial score (nSPS) is 11.5. The van der Waals surface area contributed by atoms with E-state index in [0.717, 1.165) is 51.4 Å². The SMILES string of the molecule is CCCCC(CC)COC(=O)c1ccccc1O.CCCCC(CC)COC(=O)c1ccccc1O.O=C(O)c1ccccc1O. The topological polar surface area (TPSA) is 151 Å². The van der Waals surface area contributed by atoms with E-state index in [2.05, 4.69) is 27.7 Å². The molecular formula is C37H50O9. The number of phenolic OH excluding ortho intramolecular Hbond substituents is 2. The maximum absolute atomic E-state index is 11.8. The number of carbonyl (C=O) groups excluding carboxylic acids is 2. The molecule has 0 bridgehead atoms. The summed E-state index contributed by atoms with van der Waals surface area (Å²) in [6, 6.07) is 18.7.